The van der Waals surface area contributed by atoms with Crippen LogP contribution in [0.2, 0.25) is 0 Å². The van der Waals surface area contributed by atoms with E-state index in [2.05, 4.69) is 0 Å². The molecule has 1 aromatic carbocycles. The van der Waals surface area contributed by atoms with E-state index in [1.807, 2.05) is 6.07 Å². The maximum atomic E-state index is 12.3. The van der Waals surface area contributed by atoms with Crippen molar-refractivity contribution in [2.75, 3.05) is 0 Å². The van der Waals surface area contributed by atoms with Crippen molar-refractivity contribution in [1.29, 1.82) is 5.26 Å². The molecule has 2 aliphatic heterocycles. The first-order chi connectivity index (χ1) is 9.63. The number of carbonyl (C=O) groups excluding carboxylic acids is 3. The van der Waals surface area contributed by atoms with E-state index in [-0.39, 0.29) is 25.3 Å². The molecule has 0 saturated carbocycles. The fourth-order valence-electron chi connectivity index (χ4n) is 2.54. The summed E-state index contributed by atoms with van der Waals surface area (Å²) in [5.41, 5.74) is 1.27. The lowest BCUT2D eigenvalue weighted by atomic mass is 9.99. The standard InChI is InChI=1S/C14H11N3O3/c15-7-9-5-6-12(18)17(13(9)19)16-8-10-3-1-2-4-11(10)14(16)20/h1-4,9H,5-6,8H2. The monoisotopic (exact) mass is 269 g/mol. The predicted molar refractivity (Wildman–Crippen MR) is 66.5 cm³/mol. The molecule has 0 bridgehead atoms. The second-order valence-corrected chi connectivity index (χ2v) is 4.78. The van der Waals surface area contributed by atoms with Crippen LogP contribution < -0.4 is 0 Å². The average Bonchev–Trinajstić information content (AvgIpc) is 2.77. The Bertz CT molecular complexity index is 662. The van der Waals surface area contributed by atoms with Gasteiger partial charge in [-0.2, -0.15) is 10.3 Å². The van der Waals surface area contributed by atoms with Gasteiger partial charge in [-0.25, -0.2) is 5.01 Å². The number of benzene rings is 1. The summed E-state index contributed by atoms with van der Waals surface area (Å²) >= 11 is 0. The van der Waals surface area contributed by atoms with Crippen molar-refractivity contribution in [3.8, 4) is 6.07 Å². The van der Waals surface area contributed by atoms with E-state index in [1.165, 1.54) is 0 Å². The smallest absolute Gasteiger partial charge is 0.273 e. The molecular formula is C14H11N3O3. The number of amides is 3. The number of rotatable bonds is 1. The van der Waals surface area contributed by atoms with Crippen molar-refractivity contribution in [1.82, 2.24) is 10.0 Å². The zero-order chi connectivity index (χ0) is 14.3. The van der Waals surface area contributed by atoms with Crippen LogP contribution >= 0.6 is 0 Å². The summed E-state index contributed by atoms with van der Waals surface area (Å²) in [6.45, 7) is 0.185. The van der Waals surface area contributed by atoms with Crippen LogP contribution in [0.15, 0.2) is 24.3 Å². The highest BCUT2D eigenvalue weighted by Gasteiger charge is 2.42. The fraction of sp³-hybridized carbons (Fsp3) is 0.286. The zero-order valence-corrected chi connectivity index (χ0v) is 10.6. The highest BCUT2D eigenvalue weighted by molar-refractivity contribution is 6.05. The van der Waals surface area contributed by atoms with E-state index in [9.17, 15) is 14.4 Å². The molecule has 3 amide bonds. The predicted octanol–water partition coefficient (Wildman–Crippen LogP) is 0.846. The normalized spacial score (nSPS) is 21.9. The molecule has 20 heavy (non-hydrogen) atoms. The van der Waals surface area contributed by atoms with Crippen LogP contribution in [0.1, 0.15) is 28.8 Å². The molecule has 1 atom stereocenters. The van der Waals surface area contributed by atoms with Crippen molar-refractivity contribution >= 4 is 17.7 Å². The minimum Gasteiger partial charge on any atom is -0.273 e. The van der Waals surface area contributed by atoms with Gasteiger partial charge in [0.25, 0.3) is 11.8 Å². The third-order valence-electron chi connectivity index (χ3n) is 3.59. The van der Waals surface area contributed by atoms with Gasteiger partial charge in [-0.3, -0.25) is 14.4 Å². The molecule has 2 aliphatic rings. The molecule has 1 saturated heterocycles. The molecule has 1 aromatic rings. The van der Waals surface area contributed by atoms with Crippen molar-refractivity contribution in [3.05, 3.63) is 35.4 Å². The van der Waals surface area contributed by atoms with Crippen molar-refractivity contribution < 1.29 is 14.4 Å². The van der Waals surface area contributed by atoms with Gasteiger partial charge in [0.15, 0.2) is 0 Å². The largest absolute Gasteiger partial charge is 0.273 e. The van der Waals surface area contributed by atoms with Crippen molar-refractivity contribution in [2.45, 2.75) is 19.4 Å². The molecular weight excluding hydrogens is 258 g/mol. The number of hydrazine groups is 1. The third kappa shape index (κ3) is 1.67. The van der Waals surface area contributed by atoms with Gasteiger partial charge >= 0.3 is 0 Å². The van der Waals surface area contributed by atoms with E-state index in [1.54, 1.807) is 24.3 Å². The van der Waals surface area contributed by atoms with Crippen LogP contribution in [0.5, 0.6) is 0 Å². The third-order valence-corrected chi connectivity index (χ3v) is 3.59. The van der Waals surface area contributed by atoms with Crippen molar-refractivity contribution in [2.24, 2.45) is 5.92 Å². The van der Waals surface area contributed by atoms with E-state index in [4.69, 9.17) is 5.26 Å². The molecule has 3 rings (SSSR count). The topological polar surface area (TPSA) is 81.5 Å². The summed E-state index contributed by atoms with van der Waals surface area (Å²) in [5, 5.41) is 10.9. The lowest BCUT2D eigenvalue weighted by Gasteiger charge is -2.33. The summed E-state index contributed by atoms with van der Waals surface area (Å²) in [7, 11) is 0. The molecule has 0 spiro atoms. The fourth-order valence-corrected chi connectivity index (χ4v) is 2.54. The minimum absolute atomic E-state index is 0.101. The SMILES string of the molecule is N#CC1CCC(=O)N(N2Cc3ccccc3C2=O)C1=O. The summed E-state index contributed by atoms with van der Waals surface area (Å²) < 4.78 is 0. The Morgan fingerprint density at radius 2 is 1.95 bits per heavy atom. The number of piperidine rings is 1. The Morgan fingerprint density at radius 3 is 2.65 bits per heavy atom. The van der Waals surface area contributed by atoms with Crippen molar-refractivity contribution in [3.63, 3.8) is 0 Å². The van der Waals surface area contributed by atoms with Gasteiger partial charge < -0.3 is 0 Å². The Kier molecular flexibility index (Phi) is 2.75. The van der Waals surface area contributed by atoms with E-state index < -0.39 is 17.7 Å². The van der Waals surface area contributed by atoms with E-state index in [0.29, 0.717) is 5.56 Å². The Hall–Kier alpha value is -2.68. The molecule has 2 heterocycles. The van der Waals surface area contributed by atoms with Gasteiger partial charge in [0.2, 0.25) is 5.91 Å². The van der Waals surface area contributed by atoms with Gasteiger partial charge in [0.1, 0.15) is 5.92 Å². The highest BCUT2D eigenvalue weighted by Crippen LogP contribution is 2.28. The molecule has 6 heteroatoms. The molecule has 1 fully saturated rings. The zero-order valence-electron chi connectivity index (χ0n) is 10.6. The average molecular weight is 269 g/mol. The second-order valence-electron chi connectivity index (χ2n) is 4.78. The van der Waals surface area contributed by atoms with Crippen LogP contribution in [0.4, 0.5) is 0 Å². The second kappa shape index (κ2) is 4.46. The lowest BCUT2D eigenvalue weighted by Crippen LogP contribution is -2.54. The number of nitriles is 1. The summed E-state index contributed by atoms with van der Waals surface area (Å²) in [4.78, 5) is 36.4. The van der Waals surface area contributed by atoms with Crippen LogP contribution in [0, 0.1) is 17.2 Å². The molecule has 0 aliphatic carbocycles. The number of carbonyl (C=O) groups is 3. The molecule has 100 valence electrons. The van der Waals surface area contributed by atoms with E-state index in [0.717, 1.165) is 15.6 Å². The van der Waals surface area contributed by atoms with Gasteiger partial charge in [0, 0.05) is 12.0 Å². The van der Waals surface area contributed by atoms with Gasteiger partial charge in [0.05, 0.1) is 12.6 Å². The first kappa shape index (κ1) is 12.4. The van der Waals surface area contributed by atoms with Crippen LogP contribution in [-0.4, -0.2) is 27.7 Å². The Labute approximate surface area is 115 Å². The maximum absolute atomic E-state index is 12.3. The van der Waals surface area contributed by atoms with Crippen LogP contribution in [0.3, 0.4) is 0 Å². The number of hydrogen-bond acceptors (Lipinski definition) is 4. The molecule has 0 N–H and O–H groups in total. The number of imide groups is 1. The summed E-state index contributed by atoms with van der Waals surface area (Å²) in [5.74, 6) is -2.27. The van der Waals surface area contributed by atoms with Crippen LogP contribution in [0.25, 0.3) is 0 Å². The number of nitrogens with zero attached hydrogens (tertiary/aromatic N) is 3. The first-order valence-electron chi connectivity index (χ1n) is 6.29. The summed E-state index contributed by atoms with van der Waals surface area (Å²) in [6.07, 6.45) is 0.323. The van der Waals surface area contributed by atoms with Gasteiger partial charge in [-0.15, -0.1) is 0 Å². The Morgan fingerprint density at radius 1 is 1.20 bits per heavy atom. The Balaban J connectivity index is 1.94. The molecule has 6 nitrogen and oxygen atoms in total. The van der Waals surface area contributed by atoms with Crippen LogP contribution in [-0.2, 0) is 16.1 Å². The maximum Gasteiger partial charge on any atom is 0.273 e. The lowest BCUT2D eigenvalue weighted by molar-refractivity contribution is -0.166. The molecule has 0 radical (unpaired) electrons. The van der Waals surface area contributed by atoms with Gasteiger partial charge in [-0.1, -0.05) is 18.2 Å². The van der Waals surface area contributed by atoms with Gasteiger partial charge in [-0.05, 0) is 18.1 Å². The highest BCUT2D eigenvalue weighted by atomic mass is 16.2. The molecule has 1 unspecified atom stereocenters. The quantitative estimate of drug-likeness (QED) is 0.708. The first-order valence-corrected chi connectivity index (χ1v) is 6.29. The summed E-state index contributed by atoms with van der Waals surface area (Å²) in [6, 6.07) is 8.87. The molecule has 0 aromatic heterocycles. The van der Waals surface area contributed by atoms with E-state index >= 15 is 0 Å². The minimum atomic E-state index is -0.857. The number of fused-ring (bicyclic) bond motifs is 1. The number of hydrogen-bond donors (Lipinski definition) is 0.